The molecule has 0 unspecified atom stereocenters. The summed E-state index contributed by atoms with van der Waals surface area (Å²) in [6.45, 7) is 6.48. The van der Waals surface area contributed by atoms with Crippen molar-refractivity contribution in [3.05, 3.63) is 70.7 Å². The molecular formula is C23H25N2+. The summed E-state index contributed by atoms with van der Waals surface area (Å²) in [7, 11) is 1.92. The van der Waals surface area contributed by atoms with Crippen molar-refractivity contribution in [3.63, 3.8) is 0 Å². The Morgan fingerprint density at radius 3 is 2.48 bits per heavy atom. The molecule has 1 aromatic carbocycles. The van der Waals surface area contributed by atoms with E-state index in [-0.39, 0.29) is 5.41 Å². The molecule has 0 amide bonds. The molecule has 0 bridgehead atoms. The van der Waals surface area contributed by atoms with Crippen LogP contribution in [0.1, 0.15) is 46.0 Å². The monoisotopic (exact) mass is 332 g/mol. The lowest BCUT2D eigenvalue weighted by atomic mass is 9.80. The quantitative estimate of drug-likeness (QED) is 0.585. The Morgan fingerprint density at radius 1 is 1.00 bits per heavy atom. The molecule has 126 valence electrons. The van der Waals surface area contributed by atoms with E-state index in [1.807, 2.05) is 24.6 Å². The van der Waals surface area contributed by atoms with Crippen LogP contribution >= 0.6 is 0 Å². The van der Waals surface area contributed by atoms with E-state index in [1.54, 1.807) is 12.3 Å². The van der Waals surface area contributed by atoms with Crippen LogP contribution in [0.3, 0.4) is 0 Å². The number of fused-ring (bicyclic) bond motifs is 3. The Balaban J connectivity index is 2.00. The first-order valence-electron chi connectivity index (χ1n) is 10.1. The molecule has 0 saturated heterocycles. The Hall–Kier alpha value is -2.48. The summed E-state index contributed by atoms with van der Waals surface area (Å²) in [5, 5.41) is 0. The molecule has 25 heavy (non-hydrogen) atoms. The molecule has 0 N–H and O–H groups in total. The Labute approximate surface area is 154 Å². The third kappa shape index (κ3) is 2.24. The van der Waals surface area contributed by atoms with Crippen LogP contribution in [0.5, 0.6) is 0 Å². The van der Waals surface area contributed by atoms with Gasteiger partial charge in [-0.25, -0.2) is 4.57 Å². The number of rotatable bonds is 1. The lowest BCUT2D eigenvalue weighted by Gasteiger charge is -2.24. The number of aryl methyl sites for hydroxylation is 4. The van der Waals surface area contributed by atoms with Gasteiger partial charge in [0.15, 0.2) is 6.20 Å². The lowest BCUT2D eigenvalue weighted by Crippen LogP contribution is -2.32. The van der Waals surface area contributed by atoms with E-state index in [9.17, 15) is 0 Å². The van der Waals surface area contributed by atoms with Gasteiger partial charge in [0, 0.05) is 32.4 Å². The van der Waals surface area contributed by atoms with Gasteiger partial charge >= 0.3 is 0 Å². The molecule has 2 heteroatoms. The minimum Gasteiger partial charge on any atom is -0.257 e. The van der Waals surface area contributed by atoms with Gasteiger partial charge in [-0.2, -0.15) is 0 Å². The second kappa shape index (κ2) is 5.26. The fourth-order valence-corrected chi connectivity index (χ4v) is 4.15. The lowest BCUT2D eigenvalue weighted by molar-refractivity contribution is -0.660. The molecular weight excluding hydrogens is 304 g/mol. The highest BCUT2D eigenvalue weighted by Crippen LogP contribution is 2.51. The van der Waals surface area contributed by atoms with Crippen LogP contribution in [0.2, 0.25) is 0 Å². The number of nitrogens with zero attached hydrogens (tertiary/aromatic N) is 2. The molecule has 4 rings (SSSR count). The Bertz CT molecular complexity index is 1110. The predicted octanol–water partition coefficient (Wildman–Crippen LogP) is 4.80. The molecule has 0 fully saturated rings. The standard InChI is InChI=1S/C23H25N2/c1-14-7-12-19(25(6)13-14)20-15(2)8-10-17-18-11-9-16(3)24-22(18)23(4,5)21(17)20/h7-13H,1-6H3/q+1/i1D3. The minimum absolute atomic E-state index is 0.228. The van der Waals surface area contributed by atoms with E-state index in [0.29, 0.717) is 5.56 Å². The molecule has 3 aromatic rings. The highest BCUT2D eigenvalue weighted by molar-refractivity contribution is 5.87. The molecule has 0 radical (unpaired) electrons. The van der Waals surface area contributed by atoms with Gasteiger partial charge in [-0.15, -0.1) is 0 Å². The second-order valence-electron chi connectivity index (χ2n) is 7.57. The van der Waals surface area contributed by atoms with E-state index in [2.05, 4.69) is 45.0 Å². The van der Waals surface area contributed by atoms with E-state index in [4.69, 9.17) is 9.10 Å². The smallest absolute Gasteiger partial charge is 0.212 e. The first kappa shape index (κ1) is 12.8. The van der Waals surface area contributed by atoms with Crippen molar-refractivity contribution in [2.24, 2.45) is 7.05 Å². The van der Waals surface area contributed by atoms with Crippen molar-refractivity contribution >= 4 is 0 Å². The Kier molecular flexibility index (Phi) is 2.70. The zero-order chi connectivity index (χ0) is 20.4. The van der Waals surface area contributed by atoms with Gasteiger partial charge in [-0.05, 0) is 49.5 Å². The maximum Gasteiger partial charge on any atom is 0.212 e. The molecule has 1 aliphatic carbocycles. The van der Waals surface area contributed by atoms with Gasteiger partial charge in [0.2, 0.25) is 5.69 Å². The number of benzene rings is 1. The number of hydrogen-bond acceptors (Lipinski definition) is 1. The molecule has 0 atom stereocenters. The van der Waals surface area contributed by atoms with Gasteiger partial charge in [0.05, 0.1) is 11.3 Å². The average molecular weight is 332 g/mol. The van der Waals surface area contributed by atoms with Crippen LogP contribution in [0.15, 0.2) is 42.6 Å². The highest BCUT2D eigenvalue weighted by atomic mass is 14.9. The van der Waals surface area contributed by atoms with Crippen molar-refractivity contribution < 1.29 is 8.68 Å². The van der Waals surface area contributed by atoms with Crippen LogP contribution in [0.4, 0.5) is 0 Å². The molecule has 2 nitrogen and oxygen atoms in total. The van der Waals surface area contributed by atoms with Gasteiger partial charge < -0.3 is 0 Å². The van der Waals surface area contributed by atoms with E-state index in [1.165, 1.54) is 22.3 Å². The molecule has 2 heterocycles. The van der Waals surface area contributed by atoms with E-state index in [0.717, 1.165) is 22.6 Å². The fraction of sp³-hybridized carbons (Fsp3) is 0.304. The summed E-state index contributed by atoms with van der Waals surface area (Å²) >= 11 is 0. The van der Waals surface area contributed by atoms with Crippen molar-refractivity contribution in [1.82, 2.24) is 4.98 Å². The fourth-order valence-electron chi connectivity index (χ4n) is 4.15. The largest absolute Gasteiger partial charge is 0.257 e. The maximum atomic E-state index is 7.69. The first-order chi connectivity index (χ1) is 13.0. The summed E-state index contributed by atoms with van der Waals surface area (Å²) in [6.07, 6.45) is 1.72. The predicted molar refractivity (Wildman–Crippen MR) is 103 cm³/mol. The van der Waals surface area contributed by atoms with Crippen molar-refractivity contribution in [3.8, 4) is 22.4 Å². The van der Waals surface area contributed by atoms with Gasteiger partial charge in [-0.3, -0.25) is 4.98 Å². The van der Waals surface area contributed by atoms with Crippen molar-refractivity contribution in [2.45, 2.75) is 40.0 Å². The maximum absolute atomic E-state index is 7.69. The van der Waals surface area contributed by atoms with Crippen LogP contribution in [0, 0.1) is 20.7 Å². The molecule has 2 aromatic heterocycles. The van der Waals surface area contributed by atoms with Gasteiger partial charge in [0.25, 0.3) is 0 Å². The summed E-state index contributed by atoms with van der Waals surface area (Å²) in [6, 6.07) is 12.2. The average Bonchev–Trinajstić information content (AvgIpc) is 2.82. The third-order valence-corrected chi connectivity index (χ3v) is 5.34. The normalized spacial score (nSPS) is 16.6. The summed E-state index contributed by atoms with van der Waals surface area (Å²) in [5.74, 6) is 0. The van der Waals surface area contributed by atoms with Crippen LogP contribution in [-0.4, -0.2) is 4.98 Å². The van der Waals surface area contributed by atoms with Crippen LogP contribution < -0.4 is 4.57 Å². The van der Waals surface area contributed by atoms with Crippen LogP contribution in [-0.2, 0) is 12.5 Å². The van der Waals surface area contributed by atoms with Crippen molar-refractivity contribution in [2.75, 3.05) is 0 Å². The molecule has 0 saturated carbocycles. The zero-order valence-electron chi connectivity index (χ0n) is 18.4. The van der Waals surface area contributed by atoms with Crippen molar-refractivity contribution in [1.29, 1.82) is 0 Å². The van der Waals surface area contributed by atoms with E-state index < -0.39 is 6.85 Å². The number of aromatic nitrogens is 2. The topological polar surface area (TPSA) is 16.8 Å². The zero-order valence-corrected chi connectivity index (χ0v) is 15.4. The van der Waals surface area contributed by atoms with Gasteiger partial charge in [-0.1, -0.05) is 32.0 Å². The molecule has 1 aliphatic rings. The summed E-state index contributed by atoms with van der Waals surface area (Å²) in [5.41, 5.74) is 9.27. The second-order valence-corrected chi connectivity index (χ2v) is 7.57. The molecule has 0 spiro atoms. The number of hydrogen-bond donors (Lipinski definition) is 0. The Morgan fingerprint density at radius 2 is 1.76 bits per heavy atom. The van der Waals surface area contributed by atoms with E-state index >= 15 is 0 Å². The SMILES string of the molecule is [2H]C([2H])([2H])c1ccc(-c2c(C)ccc3c2C(C)(C)c2nc(C)ccc2-3)[n+](C)c1. The number of pyridine rings is 2. The van der Waals surface area contributed by atoms with Gasteiger partial charge in [0.1, 0.15) is 7.05 Å². The molecule has 0 aliphatic heterocycles. The minimum atomic E-state index is -2.11. The highest BCUT2D eigenvalue weighted by Gasteiger charge is 2.40. The first-order valence-corrected chi connectivity index (χ1v) is 8.65. The third-order valence-electron chi connectivity index (χ3n) is 5.34. The summed E-state index contributed by atoms with van der Waals surface area (Å²) in [4.78, 5) is 4.87. The summed E-state index contributed by atoms with van der Waals surface area (Å²) < 4.78 is 25.0. The van der Waals surface area contributed by atoms with Crippen LogP contribution in [0.25, 0.3) is 22.4 Å².